The van der Waals surface area contributed by atoms with Gasteiger partial charge in [-0.3, -0.25) is 28.9 Å². The van der Waals surface area contributed by atoms with Crippen LogP contribution in [0.25, 0.3) is 11.1 Å². The van der Waals surface area contributed by atoms with E-state index in [2.05, 4.69) is 19.2 Å². The van der Waals surface area contributed by atoms with Crippen molar-refractivity contribution in [2.24, 2.45) is 29.4 Å². The number of phenols is 1. The number of amides is 1. The molecule has 2 aromatic carbocycles. The molecule has 11 nitrogen and oxygen atoms in total. The number of fused-ring (bicyclic) bond motifs is 3. The van der Waals surface area contributed by atoms with Crippen LogP contribution >= 0.6 is 0 Å². The van der Waals surface area contributed by atoms with Crippen LogP contribution in [0.15, 0.2) is 30.3 Å². The average Bonchev–Trinajstić information content (AvgIpc) is 2.97. The Bertz CT molecular complexity index is 1590. The maximum absolute atomic E-state index is 14.1. The summed E-state index contributed by atoms with van der Waals surface area (Å²) in [5.41, 5.74) is 5.57. The van der Waals surface area contributed by atoms with Crippen LogP contribution in [0.3, 0.4) is 0 Å². The summed E-state index contributed by atoms with van der Waals surface area (Å²) in [7, 11) is 4.67. The summed E-state index contributed by atoms with van der Waals surface area (Å²) in [5, 5.41) is 26.2. The highest BCUT2D eigenvalue weighted by Crippen LogP contribution is 2.52. The molecule has 0 bridgehead atoms. The molecule has 7 atom stereocenters. The molecule has 11 heteroatoms. The molecule has 2 aromatic rings. The lowest BCUT2D eigenvalue weighted by atomic mass is 9.52. The molecule has 1 amide bonds. The Morgan fingerprint density at radius 1 is 1.13 bits per heavy atom. The number of nitrogens with one attached hydrogen (secondary N) is 1. The van der Waals surface area contributed by atoms with E-state index in [1.165, 1.54) is 11.0 Å². The zero-order valence-corrected chi connectivity index (χ0v) is 26.3. The quantitative estimate of drug-likeness (QED) is 0.301. The first-order chi connectivity index (χ1) is 21.3. The molecule has 0 aliphatic heterocycles. The lowest BCUT2D eigenvalue weighted by Gasteiger charge is -2.52. The number of ether oxygens (including phenoxy) is 1. The minimum absolute atomic E-state index is 0.0154. The van der Waals surface area contributed by atoms with E-state index in [9.17, 15) is 34.2 Å². The van der Waals surface area contributed by atoms with Gasteiger partial charge in [-0.25, -0.2) is 0 Å². The molecule has 45 heavy (non-hydrogen) atoms. The molecule has 2 fully saturated rings. The minimum Gasteiger partial charge on any atom is -0.507 e. The number of primary amides is 1. The molecule has 5 rings (SSSR count). The summed E-state index contributed by atoms with van der Waals surface area (Å²) >= 11 is 0. The molecule has 3 aliphatic carbocycles. The molecule has 0 spiro atoms. The molecule has 3 aliphatic rings. The molecular formula is C34H41N3O8. The minimum atomic E-state index is -2.76. The number of likely N-dealkylation sites (N-methyl/N-ethyl adjacent to an activating group) is 1. The van der Waals surface area contributed by atoms with Gasteiger partial charge in [0.2, 0.25) is 5.91 Å². The van der Waals surface area contributed by atoms with E-state index in [1.54, 1.807) is 27.3 Å². The summed E-state index contributed by atoms with van der Waals surface area (Å²) in [4.78, 5) is 68.7. The highest BCUT2D eigenvalue weighted by molar-refractivity contribution is 6.32. The van der Waals surface area contributed by atoms with E-state index < -0.39 is 64.4 Å². The summed E-state index contributed by atoms with van der Waals surface area (Å²) in [5.74, 6) is -10.2. The van der Waals surface area contributed by atoms with Gasteiger partial charge in [-0.2, -0.15) is 0 Å². The number of phenolic OH excluding ortho intramolecular Hbond substituents is 1. The van der Waals surface area contributed by atoms with Gasteiger partial charge in [0, 0.05) is 17.5 Å². The molecule has 0 radical (unpaired) electrons. The third-order valence-corrected chi connectivity index (χ3v) is 9.92. The van der Waals surface area contributed by atoms with E-state index in [-0.39, 0.29) is 24.2 Å². The van der Waals surface area contributed by atoms with Crippen molar-refractivity contribution < 1.29 is 38.9 Å². The number of carbonyl (C=O) groups is 5. The molecule has 240 valence electrons. The molecule has 0 aromatic heterocycles. The van der Waals surface area contributed by atoms with Crippen LogP contribution in [-0.2, 0) is 32.0 Å². The Balaban J connectivity index is 1.60. The second-order valence-electron chi connectivity index (χ2n) is 12.8. The molecule has 4 unspecified atom stereocenters. The fraction of sp³-hybridized carbons (Fsp3) is 0.500. The van der Waals surface area contributed by atoms with Gasteiger partial charge in [0.1, 0.15) is 11.5 Å². The monoisotopic (exact) mass is 619 g/mol. The van der Waals surface area contributed by atoms with Crippen molar-refractivity contribution in [3.05, 3.63) is 47.0 Å². The van der Waals surface area contributed by atoms with Crippen LogP contribution in [0.2, 0.25) is 0 Å². The number of nitrogens with two attached hydrogens (primary N) is 1. The highest BCUT2D eigenvalue weighted by Gasteiger charge is 2.69. The van der Waals surface area contributed by atoms with Gasteiger partial charge < -0.3 is 26.0 Å². The number of hydrogen-bond donors (Lipinski definition) is 4. The van der Waals surface area contributed by atoms with Crippen molar-refractivity contribution in [3.63, 3.8) is 0 Å². The summed E-state index contributed by atoms with van der Waals surface area (Å²) in [6.07, 6.45) is 1.85. The first-order valence-electron chi connectivity index (χ1n) is 15.4. The Kier molecular flexibility index (Phi) is 8.74. The smallest absolute Gasteiger partial charge is 0.235 e. The van der Waals surface area contributed by atoms with Gasteiger partial charge in [-0.15, -0.1) is 0 Å². The fourth-order valence-corrected chi connectivity index (χ4v) is 7.81. The van der Waals surface area contributed by atoms with Gasteiger partial charge in [-0.1, -0.05) is 19.1 Å². The van der Waals surface area contributed by atoms with E-state index in [1.807, 2.05) is 18.2 Å². The predicted octanol–water partition coefficient (Wildman–Crippen LogP) is 1.47. The van der Waals surface area contributed by atoms with E-state index in [4.69, 9.17) is 10.5 Å². The third kappa shape index (κ3) is 5.16. The fourth-order valence-electron chi connectivity index (χ4n) is 7.81. The van der Waals surface area contributed by atoms with Crippen molar-refractivity contribution in [1.82, 2.24) is 10.2 Å². The number of aryl methyl sites for hydroxylation is 1. The van der Waals surface area contributed by atoms with E-state index in [0.717, 1.165) is 30.5 Å². The number of carbonyl (C=O) groups excluding carboxylic acids is 5. The molecular weight excluding hydrogens is 578 g/mol. The summed E-state index contributed by atoms with van der Waals surface area (Å²) in [6, 6.07) is 8.16. The number of nitrogens with zero attached hydrogens (tertiary/aromatic N) is 1. The standard InChI is InChI=1S/C34H41N3O8/c1-6-36-16(2)7-8-17-9-12-24(45-5)20(13-17)19-10-11-23(38)26-21(19)14-18-15-22-28(37(3)4)30(40)27(33(35)43)32(42)34(22,44)31(41)25(18)29(26)39/h9-13,16,18,22,25,27-28,36,38,44H,6-8,14-15H2,1-5H3,(H2,35,43)/t16?,18-,22-,25?,27?,28?,34-/m0/s1. The van der Waals surface area contributed by atoms with E-state index >= 15 is 0 Å². The summed E-state index contributed by atoms with van der Waals surface area (Å²) in [6.45, 7) is 5.06. The van der Waals surface area contributed by atoms with Crippen molar-refractivity contribution >= 4 is 29.0 Å². The number of benzene rings is 2. The van der Waals surface area contributed by atoms with Crippen LogP contribution in [0.5, 0.6) is 11.5 Å². The average molecular weight is 620 g/mol. The van der Waals surface area contributed by atoms with Crippen molar-refractivity contribution in [1.29, 1.82) is 0 Å². The van der Waals surface area contributed by atoms with Crippen LogP contribution < -0.4 is 15.8 Å². The first-order valence-corrected chi connectivity index (χ1v) is 15.4. The number of methoxy groups -OCH3 is 1. The van der Waals surface area contributed by atoms with Gasteiger partial charge in [0.05, 0.1) is 24.6 Å². The van der Waals surface area contributed by atoms with Crippen LogP contribution in [0.4, 0.5) is 0 Å². The highest BCUT2D eigenvalue weighted by atomic mass is 16.5. The number of Topliss-reactive ketones (excluding diaryl/α,β-unsaturated/α-hetero) is 4. The molecule has 0 saturated heterocycles. The zero-order valence-electron chi connectivity index (χ0n) is 26.3. The predicted molar refractivity (Wildman–Crippen MR) is 165 cm³/mol. The molecule has 2 saturated carbocycles. The Labute approximate surface area is 262 Å². The number of aromatic hydroxyl groups is 1. The van der Waals surface area contributed by atoms with Gasteiger partial charge in [0.25, 0.3) is 0 Å². The number of hydrogen-bond acceptors (Lipinski definition) is 10. The lowest BCUT2D eigenvalue weighted by Crippen LogP contribution is -2.74. The lowest BCUT2D eigenvalue weighted by molar-refractivity contribution is -0.181. The second kappa shape index (κ2) is 12.1. The largest absolute Gasteiger partial charge is 0.507 e. The Morgan fingerprint density at radius 2 is 1.84 bits per heavy atom. The zero-order chi connectivity index (χ0) is 33.0. The topological polar surface area (TPSA) is 176 Å². The third-order valence-electron chi connectivity index (χ3n) is 9.92. The second-order valence-corrected chi connectivity index (χ2v) is 12.8. The van der Waals surface area contributed by atoms with Crippen LogP contribution in [-0.4, -0.2) is 89.6 Å². The number of rotatable bonds is 9. The van der Waals surface area contributed by atoms with Crippen molar-refractivity contribution in [2.75, 3.05) is 27.7 Å². The van der Waals surface area contributed by atoms with Gasteiger partial charge in [0.15, 0.2) is 34.7 Å². The van der Waals surface area contributed by atoms with Crippen molar-refractivity contribution in [2.45, 2.75) is 57.2 Å². The normalized spacial score (nSPS) is 28.4. The number of ketones is 4. The Hall–Kier alpha value is -3.93. The SMILES string of the molecule is CCNC(C)CCc1ccc(OC)c(-c2ccc(O)c3c2C[C@H]2C[C@H]4C(N(C)C)C(=O)C(C(N)=O)C(=O)[C@@]4(O)C(=O)C2C3=O)c1. The number of aliphatic hydroxyl groups is 1. The molecule has 5 N–H and O–H groups in total. The Morgan fingerprint density at radius 3 is 2.47 bits per heavy atom. The first kappa shape index (κ1) is 32.5. The maximum atomic E-state index is 14.1. The molecule has 0 heterocycles. The van der Waals surface area contributed by atoms with Crippen LogP contribution in [0.1, 0.15) is 48.2 Å². The van der Waals surface area contributed by atoms with Crippen LogP contribution in [0, 0.1) is 23.7 Å². The maximum Gasteiger partial charge on any atom is 0.235 e. The van der Waals surface area contributed by atoms with Crippen molar-refractivity contribution in [3.8, 4) is 22.6 Å². The summed E-state index contributed by atoms with van der Waals surface area (Å²) < 4.78 is 5.70. The van der Waals surface area contributed by atoms with E-state index in [0.29, 0.717) is 22.9 Å². The van der Waals surface area contributed by atoms with Gasteiger partial charge in [-0.05, 0) is 94.1 Å². The van der Waals surface area contributed by atoms with Gasteiger partial charge >= 0.3 is 0 Å².